The van der Waals surface area contributed by atoms with Gasteiger partial charge in [-0.3, -0.25) is 0 Å². The SMILES string of the molecule is NC1CCC(CC2CCC(S)CC2)CC1. The molecule has 0 heterocycles. The third kappa shape index (κ3) is 3.67. The van der Waals surface area contributed by atoms with Crippen LogP contribution in [0, 0.1) is 11.8 Å². The van der Waals surface area contributed by atoms with E-state index < -0.39 is 0 Å². The molecule has 0 aliphatic heterocycles. The van der Waals surface area contributed by atoms with Crippen molar-refractivity contribution in [2.45, 2.75) is 69.1 Å². The molecule has 2 saturated carbocycles. The average molecular weight is 227 g/mol. The maximum Gasteiger partial charge on any atom is 0.00390 e. The average Bonchev–Trinajstić information content (AvgIpc) is 2.25. The van der Waals surface area contributed by atoms with Gasteiger partial charge in [-0.1, -0.05) is 0 Å². The van der Waals surface area contributed by atoms with Crippen molar-refractivity contribution in [2.24, 2.45) is 17.6 Å². The van der Waals surface area contributed by atoms with Gasteiger partial charge < -0.3 is 5.73 Å². The molecule has 0 aromatic heterocycles. The van der Waals surface area contributed by atoms with Gasteiger partial charge in [-0.15, -0.1) is 0 Å². The summed E-state index contributed by atoms with van der Waals surface area (Å²) in [4.78, 5) is 0. The molecule has 0 atom stereocenters. The molecule has 2 rings (SSSR count). The van der Waals surface area contributed by atoms with Crippen molar-refractivity contribution in [1.29, 1.82) is 0 Å². The molecule has 0 saturated heterocycles. The molecule has 0 aromatic rings. The molecular formula is C13H25NS. The van der Waals surface area contributed by atoms with Gasteiger partial charge in [0.05, 0.1) is 0 Å². The minimum absolute atomic E-state index is 0.509. The molecule has 2 aliphatic carbocycles. The predicted molar refractivity (Wildman–Crippen MR) is 69.3 cm³/mol. The first-order valence-corrected chi connectivity index (χ1v) is 7.19. The van der Waals surface area contributed by atoms with Crippen LogP contribution in [0.1, 0.15) is 57.8 Å². The van der Waals surface area contributed by atoms with Gasteiger partial charge in [0, 0.05) is 11.3 Å². The molecule has 0 amide bonds. The minimum atomic E-state index is 0.509. The van der Waals surface area contributed by atoms with Gasteiger partial charge in [0.2, 0.25) is 0 Å². The zero-order chi connectivity index (χ0) is 10.7. The predicted octanol–water partition coefficient (Wildman–Crippen LogP) is 3.38. The van der Waals surface area contributed by atoms with Crippen LogP contribution < -0.4 is 5.73 Å². The lowest BCUT2D eigenvalue weighted by Gasteiger charge is -2.32. The Labute approximate surface area is 99.6 Å². The van der Waals surface area contributed by atoms with E-state index in [0.717, 1.165) is 11.8 Å². The summed E-state index contributed by atoms with van der Waals surface area (Å²) in [6, 6.07) is 0.509. The summed E-state index contributed by atoms with van der Waals surface area (Å²) in [6.07, 6.45) is 12.4. The number of thiol groups is 1. The van der Waals surface area contributed by atoms with Gasteiger partial charge in [-0.2, -0.15) is 12.6 Å². The van der Waals surface area contributed by atoms with Crippen LogP contribution >= 0.6 is 12.6 Å². The van der Waals surface area contributed by atoms with E-state index in [-0.39, 0.29) is 0 Å². The Bertz CT molecular complexity index is 159. The van der Waals surface area contributed by atoms with Crippen LogP contribution in [0.2, 0.25) is 0 Å². The van der Waals surface area contributed by atoms with E-state index >= 15 is 0 Å². The number of hydrogen-bond acceptors (Lipinski definition) is 2. The highest BCUT2D eigenvalue weighted by atomic mass is 32.1. The Morgan fingerprint density at radius 3 is 1.80 bits per heavy atom. The van der Waals surface area contributed by atoms with E-state index in [4.69, 9.17) is 5.73 Å². The highest BCUT2D eigenvalue weighted by Crippen LogP contribution is 2.35. The highest BCUT2D eigenvalue weighted by Gasteiger charge is 2.24. The van der Waals surface area contributed by atoms with Crippen molar-refractivity contribution < 1.29 is 0 Å². The topological polar surface area (TPSA) is 26.0 Å². The maximum absolute atomic E-state index is 5.94. The third-order valence-corrected chi connectivity index (χ3v) is 4.89. The van der Waals surface area contributed by atoms with Crippen molar-refractivity contribution in [3.05, 3.63) is 0 Å². The Morgan fingerprint density at radius 1 is 0.800 bits per heavy atom. The molecule has 2 heteroatoms. The normalized spacial score (nSPS) is 42.8. The van der Waals surface area contributed by atoms with Crippen LogP contribution in [-0.4, -0.2) is 11.3 Å². The summed E-state index contributed by atoms with van der Waals surface area (Å²) in [5, 5.41) is 0.695. The van der Waals surface area contributed by atoms with Crippen LogP contribution in [0.5, 0.6) is 0 Å². The molecule has 2 N–H and O–H groups in total. The Balaban J connectivity index is 1.68. The first-order valence-electron chi connectivity index (χ1n) is 6.67. The smallest absolute Gasteiger partial charge is 0.00390 e. The Morgan fingerprint density at radius 2 is 1.27 bits per heavy atom. The van der Waals surface area contributed by atoms with Crippen LogP contribution in [0.25, 0.3) is 0 Å². The molecule has 0 bridgehead atoms. The maximum atomic E-state index is 5.94. The monoisotopic (exact) mass is 227 g/mol. The molecule has 2 fully saturated rings. The Kier molecular flexibility index (Phi) is 4.39. The fourth-order valence-electron chi connectivity index (χ4n) is 3.28. The second-order valence-electron chi connectivity index (χ2n) is 5.69. The Hall–Kier alpha value is 0.310. The van der Waals surface area contributed by atoms with E-state index in [1.807, 2.05) is 0 Å². The van der Waals surface area contributed by atoms with Crippen molar-refractivity contribution in [3.63, 3.8) is 0 Å². The lowest BCUT2D eigenvalue weighted by atomic mass is 9.77. The fourth-order valence-corrected chi connectivity index (χ4v) is 3.57. The van der Waals surface area contributed by atoms with Gasteiger partial charge in [-0.25, -0.2) is 0 Å². The highest BCUT2D eigenvalue weighted by molar-refractivity contribution is 7.80. The van der Waals surface area contributed by atoms with Gasteiger partial charge in [0.1, 0.15) is 0 Å². The summed E-state index contributed by atoms with van der Waals surface area (Å²) < 4.78 is 0. The van der Waals surface area contributed by atoms with E-state index in [1.54, 1.807) is 0 Å². The number of nitrogens with two attached hydrogens (primary N) is 1. The number of rotatable bonds is 2. The largest absolute Gasteiger partial charge is 0.328 e. The lowest BCUT2D eigenvalue weighted by Crippen LogP contribution is -2.28. The molecular weight excluding hydrogens is 202 g/mol. The zero-order valence-electron chi connectivity index (χ0n) is 9.70. The second-order valence-corrected chi connectivity index (χ2v) is 6.42. The van der Waals surface area contributed by atoms with Gasteiger partial charge >= 0.3 is 0 Å². The van der Waals surface area contributed by atoms with Crippen LogP contribution in [0.15, 0.2) is 0 Å². The zero-order valence-corrected chi connectivity index (χ0v) is 10.6. The standard InChI is InChI=1S/C13H25NS/c14-12-5-1-10(2-6-12)9-11-3-7-13(15)8-4-11/h10-13,15H,1-9,14H2. The molecule has 88 valence electrons. The van der Waals surface area contributed by atoms with E-state index in [9.17, 15) is 0 Å². The summed E-state index contributed by atoms with van der Waals surface area (Å²) in [5.41, 5.74) is 5.94. The molecule has 2 aliphatic rings. The van der Waals surface area contributed by atoms with Gasteiger partial charge in [0.25, 0.3) is 0 Å². The first-order chi connectivity index (χ1) is 7.24. The molecule has 0 unspecified atom stereocenters. The van der Waals surface area contributed by atoms with Gasteiger partial charge in [0.15, 0.2) is 0 Å². The fraction of sp³-hybridized carbons (Fsp3) is 1.00. The number of hydrogen-bond donors (Lipinski definition) is 2. The first kappa shape index (κ1) is 11.8. The summed E-state index contributed by atoms with van der Waals surface area (Å²) >= 11 is 4.56. The van der Waals surface area contributed by atoms with Crippen molar-refractivity contribution in [1.82, 2.24) is 0 Å². The molecule has 15 heavy (non-hydrogen) atoms. The minimum Gasteiger partial charge on any atom is -0.328 e. The third-order valence-electron chi connectivity index (χ3n) is 4.37. The summed E-state index contributed by atoms with van der Waals surface area (Å²) in [5.74, 6) is 2.00. The van der Waals surface area contributed by atoms with Crippen molar-refractivity contribution in [2.75, 3.05) is 0 Å². The van der Waals surface area contributed by atoms with Crippen LogP contribution in [0.4, 0.5) is 0 Å². The van der Waals surface area contributed by atoms with Crippen molar-refractivity contribution >= 4 is 12.6 Å². The van der Waals surface area contributed by atoms with Crippen molar-refractivity contribution in [3.8, 4) is 0 Å². The quantitative estimate of drug-likeness (QED) is 0.695. The summed E-state index contributed by atoms with van der Waals surface area (Å²) in [7, 11) is 0. The molecule has 0 aromatic carbocycles. The van der Waals surface area contributed by atoms with E-state index in [2.05, 4.69) is 12.6 Å². The van der Waals surface area contributed by atoms with Crippen LogP contribution in [0.3, 0.4) is 0 Å². The molecule has 0 spiro atoms. The van der Waals surface area contributed by atoms with E-state index in [0.29, 0.717) is 11.3 Å². The summed E-state index contributed by atoms with van der Waals surface area (Å²) in [6.45, 7) is 0. The van der Waals surface area contributed by atoms with Gasteiger partial charge in [-0.05, 0) is 69.6 Å². The second kappa shape index (κ2) is 5.58. The lowest BCUT2D eigenvalue weighted by molar-refractivity contribution is 0.236. The van der Waals surface area contributed by atoms with Crippen LogP contribution in [-0.2, 0) is 0 Å². The van der Waals surface area contributed by atoms with E-state index in [1.165, 1.54) is 57.8 Å². The molecule has 1 nitrogen and oxygen atoms in total. The molecule has 0 radical (unpaired) electrons.